The first-order valence-corrected chi connectivity index (χ1v) is 4.15. The molecular weight excluding hydrogens is 180 g/mol. The van der Waals surface area contributed by atoms with Crippen molar-refractivity contribution in [3.63, 3.8) is 0 Å². The Morgan fingerprint density at radius 3 is 2.50 bits per heavy atom. The highest BCUT2D eigenvalue weighted by atomic mass is 16.3. The summed E-state index contributed by atoms with van der Waals surface area (Å²) in [6.07, 6.45) is 1.52. The van der Waals surface area contributed by atoms with Gasteiger partial charge in [-0.2, -0.15) is 0 Å². The highest BCUT2D eigenvalue weighted by Gasteiger charge is 2.03. The summed E-state index contributed by atoms with van der Waals surface area (Å²) < 4.78 is 0. The van der Waals surface area contributed by atoms with E-state index in [0.29, 0.717) is 5.69 Å². The second kappa shape index (κ2) is 4.32. The average molecular weight is 192 g/mol. The molecule has 1 amide bonds. The van der Waals surface area contributed by atoms with E-state index in [9.17, 15) is 4.79 Å². The Bertz CT molecular complexity index is 355. The SMILES string of the molecule is CC=C(N)C(=O)Nc1ccc(O)cc1. The molecule has 1 rings (SSSR count). The molecule has 0 saturated carbocycles. The molecule has 0 aromatic heterocycles. The van der Waals surface area contributed by atoms with Crippen LogP contribution in [0.1, 0.15) is 6.92 Å². The molecule has 0 heterocycles. The zero-order chi connectivity index (χ0) is 10.6. The molecule has 74 valence electrons. The van der Waals surface area contributed by atoms with Crippen LogP contribution in [0.2, 0.25) is 0 Å². The molecule has 1 aromatic rings. The van der Waals surface area contributed by atoms with Gasteiger partial charge in [-0.15, -0.1) is 0 Å². The highest BCUT2D eigenvalue weighted by molar-refractivity contribution is 6.02. The zero-order valence-electron chi connectivity index (χ0n) is 7.82. The fraction of sp³-hybridized carbons (Fsp3) is 0.100. The van der Waals surface area contributed by atoms with Crippen LogP contribution in [0, 0.1) is 0 Å². The largest absolute Gasteiger partial charge is 0.508 e. The summed E-state index contributed by atoms with van der Waals surface area (Å²) in [5.74, 6) is -0.194. The molecule has 4 N–H and O–H groups in total. The minimum atomic E-state index is -0.349. The lowest BCUT2D eigenvalue weighted by Crippen LogP contribution is -2.19. The van der Waals surface area contributed by atoms with Crippen LogP contribution < -0.4 is 11.1 Å². The number of rotatable bonds is 2. The maximum atomic E-state index is 11.3. The van der Waals surface area contributed by atoms with Crippen molar-refractivity contribution >= 4 is 11.6 Å². The summed E-state index contributed by atoms with van der Waals surface area (Å²) in [6, 6.07) is 6.16. The van der Waals surface area contributed by atoms with Crippen LogP contribution in [-0.2, 0) is 4.79 Å². The van der Waals surface area contributed by atoms with E-state index in [1.807, 2.05) is 0 Å². The van der Waals surface area contributed by atoms with Gasteiger partial charge in [-0.1, -0.05) is 6.08 Å². The Balaban J connectivity index is 2.70. The molecule has 0 fully saturated rings. The third-order valence-corrected chi connectivity index (χ3v) is 1.70. The Kier molecular flexibility index (Phi) is 3.12. The molecule has 0 aliphatic rings. The summed E-state index contributed by atoms with van der Waals surface area (Å²) >= 11 is 0. The fourth-order valence-electron chi connectivity index (χ4n) is 0.879. The lowest BCUT2D eigenvalue weighted by atomic mass is 10.3. The number of benzene rings is 1. The van der Waals surface area contributed by atoms with Gasteiger partial charge < -0.3 is 16.2 Å². The Hall–Kier alpha value is -1.97. The van der Waals surface area contributed by atoms with Crippen LogP contribution in [0.15, 0.2) is 36.0 Å². The highest BCUT2D eigenvalue weighted by Crippen LogP contribution is 2.13. The van der Waals surface area contributed by atoms with Crippen LogP contribution in [0.4, 0.5) is 5.69 Å². The number of allylic oxidation sites excluding steroid dienone is 1. The minimum absolute atomic E-state index is 0.155. The third-order valence-electron chi connectivity index (χ3n) is 1.70. The predicted molar refractivity (Wildman–Crippen MR) is 54.7 cm³/mol. The van der Waals surface area contributed by atoms with Gasteiger partial charge in [-0.3, -0.25) is 4.79 Å². The summed E-state index contributed by atoms with van der Waals surface area (Å²) in [5, 5.41) is 11.6. The summed E-state index contributed by atoms with van der Waals surface area (Å²) in [6.45, 7) is 1.69. The van der Waals surface area contributed by atoms with Crippen LogP contribution in [0.25, 0.3) is 0 Å². The van der Waals surface area contributed by atoms with Crippen molar-refractivity contribution in [2.24, 2.45) is 5.73 Å². The molecule has 0 unspecified atom stereocenters. The zero-order valence-corrected chi connectivity index (χ0v) is 7.82. The van der Waals surface area contributed by atoms with Gasteiger partial charge in [0.2, 0.25) is 0 Å². The maximum absolute atomic E-state index is 11.3. The molecule has 0 atom stereocenters. The number of hydrogen-bond acceptors (Lipinski definition) is 3. The van der Waals surface area contributed by atoms with Crippen LogP contribution in [0.3, 0.4) is 0 Å². The number of carbonyl (C=O) groups excluding carboxylic acids is 1. The molecular formula is C10H12N2O2. The quantitative estimate of drug-likeness (QED) is 0.486. The lowest BCUT2D eigenvalue weighted by molar-refractivity contribution is -0.112. The van der Waals surface area contributed by atoms with Crippen LogP contribution in [-0.4, -0.2) is 11.0 Å². The molecule has 14 heavy (non-hydrogen) atoms. The van der Waals surface area contributed by atoms with Crippen molar-refractivity contribution in [3.8, 4) is 5.75 Å². The van der Waals surface area contributed by atoms with Crippen molar-refractivity contribution in [1.29, 1.82) is 0 Å². The lowest BCUT2D eigenvalue weighted by Gasteiger charge is -2.04. The van der Waals surface area contributed by atoms with Crippen molar-refractivity contribution in [1.82, 2.24) is 0 Å². The number of anilines is 1. The molecule has 0 bridgehead atoms. The number of hydrogen-bond donors (Lipinski definition) is 3. The number of aromatic hydroxyl groups is 1. The van der Waals surface area contributed by atoms with Gasteiger partial charge in [0.1, 0.15) is 5.75 Å². The number of phenols is 1. The molecule has 0 aliphatic carbocycles. The topological polar surface area (TPSA) is 75.4 Å². The molecule has 0 saturated heterocycles. The monoisotopic (exact) mass is 192 g/mol. The third kappa shape index (κ3) is 2.52. The number of phenolic OH excluding ortho intramolecular Hbond substituents is 1. The van der Waals surface area contributed by atoms with Crippen LogP contribution >= 0.6 is 0 Å². The Morgan fingerprint density at radius 2 is 2.00 bits per heavy atom. The minimum Gasteiger partial charge on any atom is -0.508 e. The first-order valence-electron chi connectivity index (χ1n) is 4.15. The average Bonchev–Trinajstić information content (AvgIpc) is 2.20. The summed E-state index contributed by atoms with van der Waals surface area (Å²) in [7, 11) is 0. The standard InChI is InChI=1S/C10H12N2O2/c1-2-9(11)10(14)12-7-3-5-8(13)6-4-7/h2-6,13H,11H2,1H3,(H,12,14). The van der Waals surface area contributed by atoms with E-state index in [1.54, 1.807) is 19.1 Å². The Labute approximate surface area is 82.0 Å². The molecule has 4 heteroatoms. The van der Waals surface area contributed by atoms with Crippen molar-refractivity contribution in [3.05, 3.63) is 36.0 Å². The van der Waals surface area contributed by atoms with Gasteiger partial charge in [0, 0.05) is 5.69 Å². The molecule has 0 aliphatic heterocycles. The number of nitrogens with one attached hydrogen (secondary N) is 1. The molecule has 1 aromatic carbocycles. The van der Waals surface area contributed by atoms with Gasteiger partial charge in [0.15, 0.2) is 0 Å². The predicted octanol–water partition coefficient (Wildman–Crippen LogP) is 1.19. The van der Waals surface area contributed by atoms with Gasteiger partial charge in [-0.05, 0) is 31.2 Å². The second-order valence-corrected chi connectivity index (χ2v) is 2.75. The van der Waals surface area contributed by atoms with Gasteiger partial charge in [0.05, 0.1) is 5.70 Å². The first kappa shape index (κ1) is 10.1. The van der Waals surface area contributed by atoms with Crippen molar-refractivity contribution in [2.45, 2.75) is 6.92 Å². The van der Waals surface area contributed by atoms with E-state index in [0.717, 1.165) is 0 Å². The number of amides is 1. The summed E-state index contributed by atoms with van der Waals surface area (Å²) in [5.41, 5.74) is 6.15. The maximum Gasteiger partial charge on any atom is 0.271 e. The number of carbonyl (C=O) groups is 1. The van der Waals surface area contributed by atoms with E-state index in [4.69, 9.17) is 10.8 Å². The van der Waals surface area contributed by atoms with Gasteiger partial charge >= 0.3 is 0 Å². The van der Waals surface area contributed by atoms with E-state index in [-0.39, 0.29) is 17.4 Å². The molecule has 0 spiro atoms. The first-order chi connectivity index (χ1) is 6.63. The van der Waals surface area contributed by atoms with Gasteiger partial charge in [-0.25, -0.2) is 0 Å². The van der Waals surface area contributed by atoms with E-state index < -0.39 is 0 Å². The van der Waals surface area contributed by atoms with Crippen LogP contribution in [0.5, 0.6) is 5.75 Å². The molecule has 4 nitrogen and oxygen atoms in total. The van der Waals surface area contributed by atoms with Gasteiger partial charge in [0.25, 0.3) is 5.91 Å². The van der Waals surface area contributed by atoms with E-state index in [1.165, 1.54) is 18.2 Å². The van der Waals surface area contributed by atoms with E-state index in [2.05, 4.69) is 5.32 Å². The van der Waals surface area contributed by atoms with Crippen molar-refractivity contribution in [2.75, 3.05) is 5.32 Å². The van der Waals surface area contributed by atoms with E-state index >= 15 is 0 Å². The van der Waals surface area contributed by atoms with Crippen molar-refractivity contribution < 1.29 is 9.90 Å². The fourth-order valence-corrected chi connectivity index (χ4v) is 0.879. The second-order valence-electron chi connectivity index (χ2n) is 2.75. The summed E-state index contributed by atoms with van der Waals surface area (Å²) in [4.78, 5) is 11.3. The normalized spacial score (nSPS) is 11.1. The molecule has 0 radical (unpaired) electrons. The number of nitrogens with two attached hydrogens (primary N) is 1. The Morgan fingerprint density at radius 1 is 1.43 bits per heavy atom. The smallest absolute Gasteiger partial charge is 0.271 e.